The molecule has 6 rings (SSSR count). The molecule has 1 nitrogen and oxygen atoms in total. The van der Waals surface area contributed by atoms with E-state index < -0.39 is 0 Å². The Labute approximate surface area is 256 Å². The van der Waals surface area contributed by atoms with Crippen molar-refractivity contribution in [2.45, 2.75) is 0 Å². The quantitative estimate of drug-likeness (QED) is 0.135. The molecule has 0 N–H and O–H groups in total. The summed E-state index contributed by atoms with van der Waals surface area (Å²) in [6.07, 6.45) is 8.44. The van der Waals surface area contributed by atoms with E-state index in [1.165, 1.54) is 0 Å². The fourth-order valence-corrected chi connectivity index (χ4v) is 5.21. The van der Waals surface area contributed by atoms with Gasteiger partial charge < -0.3 is 0 Å². The molecule has 0 fully saturated rings. The summed E-state index contributed by atoms with van der Waals surface area (Å²) >= 11 is 12.8. The Morgan fingerprint density at radius 2 is 0.833 bits per heavy atom. The number of rotatable bonds is 7. The predicted molar refractivity (Wildman–Crippen MR) is 180 cm³/mol. The monoisotopic (exact) mass is 581 g/mol. The molecule has 0 radical (unpaired) electrons. The van der Waals surface area contributed by atoms with E-state index in [4.69, 9.17) is 27.6 Å². The fraction of sp³-hybridized carbons (Fsp3) is 0. The van der Waals surface area contributed by atoms with Gasteiger partial charge in [-0.2, -0.15) is 0 Å². The van der Waals surface area contributed by atoms with Gasteiger partial charge in [0.1, 0.15) is 0 Å². The third-order valence-electron chi connectivity index (χ3n) is 6.96. The van der Waals surface area contributed by atoms with Crippen molar-refractivity contribution in [3.8, 4) is 33.8 Å². The van der Waals surface area contributed by atoms with E-state index in [0.29, 0.717) is 10.0 Å². The van der Waals surface area contributed by atoms with Crippen LogP contribution in [0.2, 0.25) is 10.0 Å². The standard InChI is InChI=1S/C39H27Cl2O/c40-35-23-24-36(37(41)27-35)34-25-38(32-19-15-30(16-20-32)13-11-28-7-3-1-4-8-28)42-39(26-34)33-21-17-31(18-22-33)14-12-29-9-5-2-6-10-29/h1-27H/q+1/b13-11+,14-12+. The third kappa shape index (κ3) is 6.78. The highest BCUT2D eigenvalue weighted by atomic mass is 35.5. The summed E-state index contributed by atoms with van der Waals surface area (Å²) in [6, 6.07) is 46.9. The second-order valence-corrected chi connectivity index (χ2v) is 10.8. The number of halogens is 2. The smallest absolute Gasteiger partial charge is 0.207 e. The molecule has 0 bridgehead atoms. The van der Waals surface area contributed by atoms with Gasteiger partial charge >= 0.3 is 11.5 Å². The molecule has 0 unspecified atom stereocenters. The third-order valence-corrected chi connectivity index (χ3v) is 7.51. The number of hydrogen-bond donors (Lipinski definition) is 0. The van der Waals surface area contributed by atoms with Crippen LogP contribution in [0.5, 0.6) is 0 Å². The molecule has 1 heterocycles. The van der Waals surface area contributed by atoms with Crippen LogP contribution in [0.25, 0.3) is 58.1 Å². The Bertz CT molecular complexity index is 1740. The normalized spacial score (nSPS) is 11.4. The fourth-order valence-electron chi connectivity index (χ4n) is 4.70. The Morgan fingerprint density at radius 3 is 1.26 bits per heavy atom. The van der Waals surface area contributed by atoms with E-state index in [-0.39, 0.29) is 0 Å². The zero-order chi connectivity index (χ0) is 28.7. The second-order valence-electron chi connectivity index (χ2n) is 9.93. The SMILES string of the molecule is Clc1ccc(-c2cc(-c3ccc(/C=C/c4ccccc4)cc3)[o+]c(-c3ccc(/C=C/c4ccccc4)cc3)c2)c(Cl)c1. The number of benzene rings is 5. The first kappa shape index (κ1) is 27.5. The molecule has 0 aliphatic rings. The van der Waals surface area contributed by atoms with Gasteiger partial charge in [-0.3, -0.25) is 0 Å². The largest absolute Gasteiger partial charge is 0.361 e. The van der Waals surface area contributed by atoms with Crippen molar-refractivity contribution in [3.63, 3.8) is 0 Å². The van der Waals surface area contributed by atoms with E-state index in [1.54, 1.807) is 6.07 Å². The zero-order valence-electron chi connectivity index (χ0n) is 22.8. The van der Waals surface area contributed by atoms with Gasteiger partial charge in [-0.25, -0.2) is 4.42 Å². The molecular formula is C39H27Cl2O+. The van der Waals surface area contributed by atoms with E-state index in [9.17, 15) is 0 Å². The lowest BCUT2D eigenvalue weighted by molar-refractivity contribution is 0.582. The highest BCUT2D eigenvalue weighted by molar-refractivity contribution is 6.36. The summed E-state index contributed by atoms with van der Waals surface area (Å²) in [4.78, 5) is 0. The van der Waals surface area contributed by atoms with E-state index in [0.717, 1.165) is 56.0 Å². The van der Waals surface area contributed by atoms with Crippen molar-refractivity contribution in [3.05, 3.63) is 172 Å². The minimum absolute atomic E-state index is 0.591. The van der Waals surface area contributed by atoms with Gasteiger partial charge in [-0.05, 0) is 58.7 Å². The summed E-state index contributed by atoms with van der Waals surface area (Å²) in [6.45, 7) is 0. The summed E-state index contributed by atoms with van der Waals surface area (Å²) < 4.78 is 6.51. The summed E-state index contributed by atoms with van der Waals surface area (Å²) in [7, 11) is 0. The van der Waals surface area contributed by atoms with E-state index >= 15 is 0 Å². The molecule has 0 amide bonds. The average Bonchev–Trinajstić information content (AvgIpc) is 3.04. The molecule has 6 aromatic rings. The van der Waals surface area contributed by atoms with Gasteiger partial charge in [0.15, 0.2) is 0 Å². The molecule has 0 atom stereocenters. The van der Waals surface area contributed by atoms with Crippen molar-refractivity contribution in [1.29, 1.82) is 0 Å². The molecule has 42 heavy (non-hydrogen) atoms. The van der Waals surface area contributed by atoms with Gasteiger partial charge in [0.05, 0.1) is 23.3 Å². The maximum absolute atomic E-state index is 6.64. The molecular weight excluding hydrogens is 555 g/mol. The maximum atomic E-state index is 6.64. The van der Waals surface area contributed by atoms with Gasteiger partial charge in [0, 0.05) is 21.2 Å². The van der Waals surface area contributed by atoms with Crippen LogP contribution in [0.15, 0.2) is 144 Å². The minimum Gasteiger partial charge on any atom is -0.207 e. The Hall–Kier alpha value is -4.69. The molecule has 0 aliphatic carbocycles. The molecule has 5 aromatic carbocycles. The molecule has 0 aliphatic heterocycles. The van der Waals surface area contributed by atoms with Crippen LogP contribution in [0.4, 0.5) is 0 Å². The van der Waals surface area contributed by atoms with Crippen molar-refractivity contribution >= 4 is 47.5 Å². The van der Waals surface area contributed by atoms with E-state index in [1.807, 2.05) is 60.7 Å². The molecule has 1 aromatic heterocycles. The van der Waals surface area contributed by atoms with Crippen molar-refractivity contribution in [2.24, 2.45) is 0 Å². The highest BCUT2D eigenvalue weighted by Crippen LogP contribution is 2.37. The zero-order valence-corrected chi connectivity index (χ0v) is 24.3. The van der Waals surface area contributed by atoms with E-state index in [2.05, 4.69) is 97.1 Å². The van der Waals surface area contributed by atoms with Gasteiger partial charge in [0.2, 0.25) is 0 Å². The van der Waals surface area contributed by atoms with Crippen LogP contribution in [-0.2, 0) is 0 Å². The highest BCUT2D eigenvalue weighted by Gasteiger charge is 2.21. The Kier molecular flexibility index (Phi) is 8.42. The minimum atomic E-state index is 0.591. The van der Waals surface area contributed by atoms with Crippen LogP contribution < -0.4 is 0 Å². The lowest BCUT2D eigenvalue weighted by atomic mass is 10.0. The topological polar surface area (TPSA) is 11.3 Å². The predicted octanol–water partition coefficient (Wildman–Crippen LogP) is 12.2. The van der Waals surface area contributed by atoms with Crippen LogP contribution in [0.3, 0.4) is 0 Å². The molecule has 0 saturated heterocycles. The van der Waals surface area contributed by atoms with Crippen LogP contribution in [0.1, 0.15) is 22.3 Å². The van der Waals surface area contributed by atoms with Crippen molar-refractivity contribution in [2.75, 3.05) is 0 Å². The second kappa shape index (κ2) is 12.9. The summed E-state index contributed by atoms with van der Waals surface area (Å²) in [5.41, 5.74) is 8.34. The Morgan fingerprint density at radius 1 is 0.405 bits per heavy atom. The van der Waals surface area contributed by atoms with Gasteiger partial charge in [-0.1, -0.05) is 139 Å². The molecule has 3 heteroatoms. The number of hydrogen-bond acceptors (Lipinski definition) is 0. The molecule has 202 valence electrons. The first-order valence-corrected chi connectivity index (χ1v) is 14.5. The molecule has 0 spiro atoms. The summed E-state index contributed by atoms with van der Waals surface area (Å²) in [5, 5.41) is 1.19. The van der Waals surface area contributed by atoms with Crippen molar-refractivity contribution in [1.82, 2.24) is 0 Å². The molecule has 0 saturated carbocycles. The van der Waals surface area contributed by atoms with Gasteiger partial charge in [-0.15, -0.1) is 0 Å². The lowest BCUT2D eigenvalue weighted by Gasteiger charge is -2.06. The summed E-state index contributed by atoms with van der Waals surface area (Å²) in [5.74, 6) is 1.50. The Balaban J connectivity index is 1.34. The first-order chi connectivity index (χ1) is 20.6. The van der Waals surface area contributed by atoms with Crippen molar-refractivity contribution < 1.29 is 4.42 Å². The first-order valence-electron chi connectivity index (χ1n) is 13.7. The van der Waals surface area contributed by atoms with Crippen LogP contribution >= 0.6 is 23.2 Å². The van der Waals surface area contributed by atoms with Crippen LogP contribution in [0, 0.1) is 0 Å². The van der Waals surface area contributed by atoms with Crippen LogP contribution in [-0.4, -0.2) is 0 Å². The van der Waals surface area contributed by atoms with Gasteiger partial charge in [0.25, 0.3) is 0 Å². The average molecular weight is 583 g/mol. The lowest BCUT2D eigenvalue weighted by Crippen LogP contribution is -1.88. The maximum Gasteiger partial charge on any atom is 0.361 e.